The monoisotopic (exact) mass is 304 g/mol. The highest BCUT2D eigenvalue weighted by Crippen LogP contribution is 2.35. The summed E-state index contributed by atoms with van der Waals surface area (Å²) in [5.41, 5.74) is 2.88. The predicted molar refractivity (Wildman–Crippen MR) is 75.1 cm³/mol. The van der Waals surface area contributed by atoms with Gasteiger partial charge in [0.2, 0.25) is 0 Å². The molecule has 0 bridgehead atoms. The van der Waals surface area contributed by atoms with Crippen LogP contribution in [0.3, 0.4) is 0 Å². The maximum atomic E-state index is 9.15. The molecule has 1 aromatic rings. The Balaban J connectivity index is 1.75. The summed E-state index contributed by atoms with van der Waals surface area (Å²) in [7, 11) is 0. The number of halogens is 1. The van der Waals surface area contributed by atoms with Crippen LogP contribution in [0.1, 0.15) is 42.9 Å². The topological polar surface area (TPSA) is 35.8 Å². The molecule has 3 unspecified atom stereocenters. The lowest BCUT2D eigenvalue weighted by Crippen LogP contribution is -2.34. The maximum absolute atomic E-state index is 9.15. The van der Waals surface area contributed by atoms with E-state index in [0.29, 0.717) is 12.1 Å². The molecule has 3 rings (SSSR count). The van der Waals surface area contributed by atoms with Crippen molar-refractivity contribution in [1.29, 1.82) is 5.26 Å². The minimum Gasteiger partial charge on any atom is -0.306 e. The maximum Gasteiger partial charge on any atom is 0.0672 e. The summed E-state index contributed by atoms with van der Waals surface area (Å²) in [5.74, 6) is 0.212. The summed E-state index contributed by atoms with van der Waals surface area (Å²) in [5, 5.41) is 12.9. The molecule has 3 heteroatoms. The number of fused-ring (bicyclic) bond motifs is 1. The van der Waals surface area contributed by atoms with E-state index in [0.717, 1.165) is 23.7 Å². The number of benzene rings is 1. The Labute approximate surface area is 117 Å². The number of nitrogens with zero attached hydrogens (tertiary/aromatic N) is 1. The molecule has 0 heterocycles. The zero-order chi connectivity index (χ0) is 12.5. The molecule has 1 fully saturated rings. The normalized spacial score (nSPS) is 30.1. The Morgan fingerprint density at radius 1 is 1.28 bits per heavy atom. The molecule has 0 radical (unpaired) electrons. The van der Waals surface area contributed by atoms with Crippen molar-refractivity contribution < 1.29 is 0 Å². The van der Waals surface area contributed by atoms with Gasteiger partial charge in [-0.2, -0.15) is 5.26 Å². The van der Waals surface area contributed by atoms with Gasteiger partial charge in [0.05, 0.1) is 12.0 Å². The average molecular weight is 305 g/mol. The first-order valence-electron chi connectivity index (χ1n) is 6.72. The van der Waals surface area contributed by atoms with Crippen molar-refractivity contribution in [3.05, 3.63) is 33.8 Å². The summed E-state index contributed by atoms with van der Waals surface area (Å²) in [4.78, 5) is 0. The Morgan fingerprint density at radius 2 is 2.17 bits per heavy atom. The lowest BCUT2D eigenvalue weighted by atomic mass is 10.0. The Hall–Kier alpha value is -0.850. The van der Waals surface area contributed by atoms with Gasteiger partial charge in [-0.25, -0.2) is 0 Å². The van der Waals surface area contributed by atoms with Crippen LogP contribution in [0.25, 0.3) is 0 Å². The largest absolute Gasteiger partial charge is 0.306 e. The summed E-state index contributed by atoms with van der Waals surface area (Å²) in [6, 6.07) is 9.87. The van der Waals surface area contributed by atoms with Gasteiger partial charge in [0.15, 0.2) is 0 Å². The van der Waals surface area contributed by atoms with E-state index in [1.54, 1.807) is 0 Å². The molecule has 0 spiro atoms. The minimum atomic E-state index is 0.212. The molecular formula is C15H17BrN2. The quantitative estimate of drug-likeness (QED) is 0.904. The minimum absolute atomic E-state index is 0.212. The van der Waals surface area contributed by atoms with Gasteiger partial charge in [-0.1, -0.05) is 28.4 Å². The van der Waals surface area contributed by atoms with Crippen LogP contribution in [0.2, 0.25) is 0 Å². The summed E-state index contributed by atoms with van der Waals surface area (Å²) < 4.78 is 1.16. The second-order valence-corrected chi connectivity index (χ2v) is 6.29. The van der Waals surface area contributed by atoms with Gasteiger partial charge in [-0.3, -0.25) is 0 Å². The van der Waals surface area contributed by atoms with E-state index in [1.807, 2.05) is 0 Å². The Kier molecular flexibility index (Phi) is 3.41. The lowest BCUT2D eigenvalue weighted by Gasteiger charge is -2.22. The smallest absolute Gasteiger partial charge is 0.0672 e. The number of nitriles is 1. The van der Waals surface area contributed by atoms with Crippen molar-refractivity contribution in [2.24, 2.45) is 5.92 Å². The third-order valence-corrected chi connectivity index (χ3v) is 4.77. The van der Waals surface area contributed by atoms with Gasteiger partial charge in [0, 0.05) is 16.6 Å². The van der Waals surface area contributed by atoms with Crippen LogP contribution < -0.4 is 5.32 Å². The van der Waals surface area contributed by atoms with Crippen molar-refractivity contribution in [3.63, 3.8) is 0 Å². The van der Waals surface area contributed by atoms with Gasteiger partial charge >= 0.3 is 0 Å². The molecule has 1 saturated carbocycles. The van der Waals surface area contributed by atoms with Crippen molar-refractivity contribution in [2.75, 3.05) is 0 Å². The second kappa shape index (κ2) is 5.03. The van der Waals surface area contributed by atoms with Gasteiger partial charge in [0.1, 0.15) is 0 Å². The lowest BCUT2D eigenvalue weighted by molar-refractivity contribution is 0.400. The number of nitrogens with one attached hydrogen (secondary N) is 1. The molecule has 2 aliphatic carbocycles. The SMILES string of the molecule is N#CC1CCCC1NC1CCc2cc(Br)ccc21. The summed E-state index contributed by atoms with van der Waals surface area (Å²) in [6.07, 6.45) is 5.72. The standard InChI is InChI=1S/C15H17BrN2/c16-12-5-6-13-10(8-12)4-7-15(13)18-14-3-1-2-11(14)9-17/h5-6,8,11,14-15,18H,1-4,7H2. The first-order valence-corrected chi connectivity index (χ1v) is 7.51. The highest BCUT2D eigenvalue weighted by molar-refractivity contribution is 9.10. The Morgan fingerprint density at radius 3 is 3.00 bits per heavy atom. The third kappa shape index (κ3) is 2.20. The fraction of sp³-hybridized carbons (Fsp3) is 0.533. The van der Waals surface area contributed by atoms with Crippen LogP contribution in [0.4, 0.5) is 0 Å². The predicted octanol–water partition coefficient (Wildman–Crippen LogP) is 3.72. The fourth-order valence-corrected chi connectivity index (χ4v) is 3.74. The van der Waals surface area contributed by atoms with E-state index in [-0.39, 0.29) is 5.92 Å². The molecular weight excluding hydrogens is 288 g/mol. The van der Waals surface area contributed by atoms with Crippen LogP contribution in [-0.4, -0.2) is 6.04 Å². The molecule has 2 aliphatic rings. The first-order chi connectivity index (χ1) is 8.78. The van der Waals surface area contributed by atoms with Crippen LogP contribution >= 0.6 is 15.9 Å². The molecule has 2 nitrogen and oxygen atoms in total. The molecule has 0 amide bonds. The van der Waals surface area contributed by atoms with E-state index in [1.165, 1.54) is 24.0 Å². The van der Waals surface area contributed by atoms with E-state index in [4.69, 9.17) is 5.26 Å². The van der Waals surface area contributed by atoms with Crippen molar-refractivity contribution in [3.8, 4) is 6.07 Å². The fourth-order valence-electron chi connectivity index (χ4n) is 3.33. The van der Waals surface area contributed by atoms with Crippen LogP contribution in [0, 0.1) is 17.2 Å². The number of hydrogen-bond acceptors (Lipinski definition) is 2. The van der Waals surface area contributed by atoms with Gasteiger partial charge in [-0.05, 0) is 48.9 Å². The zero-order valence-electron chi connectivity index (χ0n) is 10.3. The van der Waals surface area contributed by atoms with Gasteiger partial charge < -0.3 is 5.32 Å². The Bertz CT molecular complexity index is 492. The average Bonchev–Trinajstić information content (AvgIpc) is 2.96. The molecule has 0 aromatic heterocycles. The van der Waals surface area contributed by atoms with E-state index < -0.39 is 0 Å². The van der Waals surface area contributed by atoms with E-state index in [9.17, 15) is 0 Å². The molecule has 94 valence electrons. The molecule has 1 N–H and O–H groups in total. The van der Waals surface area contributed by atoms with Crippen LogP contribution in [0.5, 0.6) is 0 Å². The molecule has 0 aliphatic heterocycles. The highest BCUT2D eigenvalue weighted by atomic mass is 79.9. The molecule has 3 atom stereocenters. The zero-order valence-corrected chi connectivity index (χ0v) is 11.9. The molecule has 18 heavy (non-hydrogen) atoms. The first kappa shape index (κ1) is 12.2. The van der Waals surface area contributed by atoms with E-state index >= 15 is 0 Å². The third-order valence-electron chi connectivity index (χ3n) is 4.28. The summed E-state index contributed by atoms with van der Waals surface area (Å²) >= 11 is 3.53. The highest BCUT2D eigenvalue weighted by Gasteiger charge is 2.31. The van der Waals surface area contributed by atoms with E-state index in [2.05, 4.69) is 45.5 Å². The van der Waals surface area contributed by atoms with Crippen molar-refractivity contribution in [2.45, 2.75) is 44.2 Å². The molecule has 0 saturated heterocycles. The summed E-state index contributed by atoms with van der Waals surface area (Å²) in [6.45, 7) is 0. The van der Waals surface area contributed by atoms with Gasteiger partial charge in [0.25, 0.3) is 0 Å². The van der Waals surface area contributed by atoms with Gasteiger partial charge in [-0.15, -0.1) is 0 Å². The number of rotatable bonds is 2. The van der Waals surface area contributed by atoms with Crippen molar-refractivity contribution in [1.82, 2.24) is 5.32 Å². The van der Waals surface area contributed by atoms with Crippen LogP contribution in [0.15, 0.2) is 22.7 Å². The second-order valence-electron chi connectivity index (χ2n) is 5.37. The number of aryl methyl sites for hydroxylation is 1. The van der Waals surface area contributed by atoms with Crippen molar-refractivity contribution >= 4 is 15.9 Å². The molecule has 1 aromatic carbocycles. The number of hydrogen-bond donors (Lipinski definition) is 1. The van der Waals surface area contributed by atoms with Crippen LogP contribution in [-0.2, 0) is 6.42 Å².